The molecular formula is C16H28N2O4. The zero-order valence-electron chi connectivity index (χ0n) is 13.6. The van der Waals surface area contributed by atoms with Crippen molar-refractivity contribution in [2.45, 2.75) is 64.8 Å². The molecule has 126 valence electrons. The average molecular weight is 312 g/mol. The highest BCUT2D eigenvalue weighted by molar-refractivity contribution is 5.79. The third kappa shape index (κ3) is 6.03. The first kappa shape index (κ1) is 18.5. The Kier molecular flexibility index (Phi) is 7.91. The van der Waals surface area contributed by atoms with Gasteiger partial charge in [0, 0.05) is 32.0 Å². The Balaban J connectivity index is 2.19. The Labute approximate surface area is 132 Å². The number of aliphatic carboxylic acids is 1. The maximum atomic E-state index is 11.9. The van der Waals surface area contributed by atoms with Crippen LogP contribution in [0.15, 0.2) is 0 Å². The van der Waals surface area contributed by atoms with Crippen LogP contribution >= 0.6 is 0 Å². The van der Waals surface area contributed by atoms with E-state index in [9.17, 15) is 14.4 Å². The molecule has 0 aromatic rings. The summed E-state index contributed by atoms with van der Waals surface area (Å²) in [5.74, 6) is -0.939. The molecule has 0 heterocycles. The van der Waals surface area contributed by atoms with Crippen molar-refractivity contribution < 1.29 is 19.5 Å². The van der Waals surface area contributed by atoms with Gasteiger partial charge < -0.3 is 15.3 Å². The monoisotopic (exact) mass is 312 g/mol. The summed E-state index contributed by atoms with van der Waals surface area (Å²) in [5, 5.41) is 11.9. The van der Waals surface area contributed by atoms with Gasteiger partial charge >= 0.3 is 5.97 Å². The van der Waals surface area contributed by atoms with Crippen LogP contribution in [0.2, 0.25) is 0 Å². The maximum absolute atomic E-state index is 11.9. The van der Waals surface area contributed by atoms with E-state index in [1.807, 2.05) is 13.8 Å². The molecule has 2 amide bonds. The number of carbonyl (C=O) groups excluding carboxylic acids is 2. The molecule has 0 aromatic carbocycles. The van der Waals surface area contributed by atoms with Crippen molar-refractivity contribution in [3.05, 3.63) is 0 Å². The molecule has 2 N–H and O–H groups in total. The van der Waals surface area contributed by atoms with Crippen LogP contribution in [0, 0.1) is 5.92 Å². The van der Waals surface area contributed by atoms with Gasteiger partial charge in [-0.25, -0.2) is 0 Å². The molecule has 0 unspecified atom stereocenters. The van der Waals surface area contributed by atoms with Crippen LogP contribution in [0.1, 0.15) is 58.8 Å². The van der Waals surface area contributed by atoms with Crippen LogP contribution in [-0.2, 0) is 14.4 Å². The number of carbonyl (C=O) groups is 3. The van der Waals surface area contributed by atoms with Crippen LogP contribution in [0.4, 0.5) is 0 Å². The molecule has 0 aliphatic heterocycles. The number of nitrogens with zero attached hydrogens (tertiary/aromatic N) is 1. The highest BCUT2D eigenvalue weighted by Gasteiger charge is 2.26. The first-order valence-electron chi connectivity index (χ1n) is 8.27. The number of rotatable bonds is 8. The van der Waals surface area contributed by atoms with Crippen LogP contribution in [0.25, 0.3) is 0 Å². The van der Waals surface area contributed by atoms with Gasteiger partial charge in [-0.2, -0.15) is 0 Å². The van der Waals surface area contributed by atoms with Crippen molar-refractivity contribution in [3.63, 3.8) is 0 Å². The Morgan fingerprint density at radius 2 is 1.64 bits per heavy atom. The Hall–Kier alpha value is -1.59. The van der Waals surface area contributed by atoms with Crippen molar-refractivity contribution in [1.82, 2.24) is 10.2 Å². The molecule has 1 aliphatic carbocycles. The zero-order chi connectivity index (χ0) is 16.5. The summed E-state index contributed by atoms with van der Waals surface area (Å²) in [5.41, 5.74) is 0. The lowest BCUT2D eigenvalue weighted by Crippen LogP contribution is -2.38. The quantitative estimate of drug-likeness (QED) is 0.715. The molecule has 22 heavy (non-hydrogen) atoms. The van der Waals surface area contributed by atoms with Gasteiger partial charge in [-0.1, -0.05) is 0 Å². The molecular weight excluding hydrogens is 284 g/mol. The number of hydrogen-bond acceptors (Lipinski definition) is 3. The highest BCUT2D eigenvalue weighted by Crippen LogP contribution is 2.24. The number of carboxylic acids is 1. The van der Waals surface area contributed by atoms with E-state index >= 15 is 0 Å². The molecule has 0 aromatic heterocycles. The minimum Gasteiger partial charge on any atom is -0.481 e. The molecule has 1 rings (SSSR count). The summed E-state index contributed by atoms with van der Waals surface area (Å²) < 4.78 is 0. The van der Waals surface area contributed by atoms with Crippen molar-refractivity contribution in [2.75, 3.05) is 13.1 Å². The fourth-order valence-electron chi connectivity index (χ4n) is 2.92. The first-order valence-corrected chi connectivity index (χ1v) is 8.27. The zero-order valence-corrected chi connectivity index (χ0v) is 13.6. The summed E-state index contributed by atoms with van der Waals surface area (Å²) in [6.07, 6.45) is 4.02. The summed E-state index contributed by atoms with van der Waals surface area (Å²) in [4.78, 5) is 36.3. The second kappa shape index (κ2) is 9.43. The average Bonchev–Trinajstić information content (AvgIpc) is 2.49. The summed E-state index contributed by atoms with van der Waals surface area (Å²) in [6.45, 7) is 5.30. The fraction of sp³-hybridized carbons (Fsp3) is 0.812. The van der Waals surface area contributed by atoms with Crippen LogP contribution in [-0.4, -0.2) is 46.9 Å². The van der Waals surface area contributed by atoms with E-state index in [1.54, 1.807) is 4.90 Å². The van der Waals surface area contributed by atoms with Gasteiger partial charge in [-0.05, 0) is 46.0 Å². The van der Waals surface area contributed by atoms with Crippen molar-refractivity contribution in [3.8, 4) is 0 Å². The van der Waals surface area contributed by atoms with Gasteiger partial charge in [0.25, 0.3) is 0 Å². The normalized spacial score (nSPS) is 21.2. The van der Waals surface area contributed by atoms with Gasteiger partial charge in [-0.15, -0.1) is 0 Å². The molecule has 1 saturated carbocycles. The van der Waals surface area contributed by atoms with E-state index in [4.69, 9.17) is 5.11 Å². The second-order valence-electron chi connectivity index (χ2n) is 5.87. The first-order chi connectivity index (χ1) is 10.5. The molecule has 6 heteroatoms. The van der Waals surface area contributed by atoms with E-state index in [1.165, 1.54) is 0 Å². The van der Waals surface area contributed by atoms with Crippen molar-refractivity contribution >= 4 is 17.8 Å². The summed E-state index contributed by atoms with van der Waals surface area (Å²) in [6, 6.07) is 0.0848. The van der Waals surface area contributed by atoms with E-state index in [0.29, 0.717) is 45.2 Å². The number of amides is 2. The topological polar surface area (TPSA) is 86.7 Å². The van der Waals surface area contributed by atoms with Gasteiger partial charge in [0.2, 0.25) is 11.8 Å². The largest absolute Gasteiger partial charge is 0.481 e. The van der Waals surface area contributed by atoms with Crippen LogP contribution < -0.4 is 5.32 Å². The van der Waals surface area contributed by atoms with Gasteiger partial charge in [0.15, 0.2) is 0 Å². The third-order valence-corrected chi connectivity index (χ3v) is 4.35. The van der Waals surface area contributed by atoms with E-state index in [0.717, 1.165) is 12.8 Å². The minimum absolute atomic E-state index is 0.0360. The van der Waals surface area contributed by atoms with E-state index in [2.05, 4.69) is 5.32 Å². The lowest BCUT2D eigenvalue weighted by molar-refractivity contribution is -0.142. The molecule has 0 atom stereocenters. The summed E-state index contributed by atoms with van der Waals surface area (Å²) in [7, 11) is 0. The number of hydrogen-bond donors (Lipinski definition) is 2. The number of carboxylic acid groups (broad SMARTS) is 1. The number of nitrogens with one attached hydrogen (secondary N) is 1. The molecule has 0 bridgehead atoms. The SMILES string of the molecule is CCN(CC)C(=O)CCCC(=O)NC1CCC(C(=O)O)CC1. The van der Waals surface area contributed by atoms with E-state index in [-0.39, 0.29) is 23.8 Å². The van der Waals surface area contributed by atoms with Crippen molar-refractivity contribution in [1.29, 1.82) is 0 Å². The predicted octanol–water partition coefficient (Wildman–Crippen LogP) is 1.78. The maximum Gasteiger partial charge on any atom is 0.306 e. The standard InChI is InChI=1S/C16H28N2O4/c1-3-18(4-2)15(20)7-5-6-14(19)17-13-10-8-12(9-11-13)16(21)22/h12-13H,3-11H2,1-2H3,(H,17,19)(H,21,22). The predicted molar refractivity (Wildman–Crippen MR) is 83.3 cm³/mol. The lowest BCUT2D eigenvalue weighted by atomic mass is 9.86. The molecule has 0 radical (unpaired) electrons. The summed E-state index contributed by atoms with van der Waals surface area (Å²) >= 11 is 0. The Bertz CT molecular complexity index is 386. The second-order valence-corrected chi connectivity index (χ2v) is 5.87. The molecule has 6 nitrogen and oxygen atoms in total. The highest BCUT2D eigenvalue weighted by atomic mass is 16.4. The fourth-order valence-corrected chi connectivity index (χ4v) is 2.92. The van der Waals surface area contributed by atoms with E-state index < -0.39 is 5.97 Å². The van der Waals surface area contributed by atoms with Gasteiger partial charge in [0.05, 0.1) is 5.92 Å². The third-order valence-electron chi connectivity index (χ3n) is 4.35. The molecule has 0 saturated heterocycles. The molecule has 1 aliphatic rings. The molecule has 1 fully saturated rings. The smallest absolute Gasteiger partial charge is 0.306 e. The molecule has 0 spiro atoms. The van der Waals surface area contributed by atoms with Crippen LogP contribution in [0.5, 0.6) is 0 Å². The van der Waals surface area contributed by atoms with Crippen molar-refractivity contribution in [2.24, 2.45) is 5.92 Å². The minimum atomic E-state index is -0.736. The van der Waals surface area contributed by atoms with Gasteiger partial charge in [-0.3, -0.25) is 14.4 Å². The Morgan fingerprint density at radius 3 is 2.14 bits per heavy atom. The van der Waals surface area contributed by atoms with Crippen LogP contribution in [0.3, 0.4) is 0 Å². The Morgan fingerprint density at radius 1 is 1.05 bits per heavy atom. The van der Waals surface area contributed by atoms with Gasteiger partial charge in [0.1, 0.15) is 0 Å². The lowest BCUT2D eigenvalue weighted by Gasteiger charge is -2.26.